The standard InChI is InChI=1S/C37H74N2/c1-5-9-13-15-18-22-36(23-19-16-14-10-6-2)38-28-24-35-32-37(33-35)26-30-39(31-27-37)29-25-34(20-12-8-4)21-17-11-7-3/h34-36,38H,5-33H2,1-4H3. The van der Waals surface area contributed by atoms with E-state index >= 15 is 0 Å². The molecule has 1 aliphatic carbocycles. The molecule has 39 heavy (non-hydrogen) atoms. The van der Waals surface area contributed by atoms with Crippen LogP contribution in [0.4, 0.5) is 0 Å². The van der Waals surface area contributed by atoms with Gasteiger partial charge in [-0.05, 0) is 94.8 Å². The Labute approximate surface area is 247 Å². The monoisotopic (exact) mass is 547 g/mol. The number of hydrogen-bond acceptors (Lipinski definition) is 2. The van der Waals surface area contributed by atoms with Crippen LogP contribution in [0.2, 0.25) is 0 Å². The lowest BCUT2D eigenvalue weighted by molar-refractivity contribution is -0.0172. The molecule has 1 saturated carbocycles. The third-order valence-electron chi connectivity index (χ3n) is 10.7. The van der Waals surface area contributed by atoms with Crippen molar-refractivity contribution in [2.45, 2.75) is 194 Å². The normalized spacial score (nSPS) is 18.7. The zero-order valence-corrected chi connectivity index (χ0v) is 27.7. The number of nitrogens with zero attached hydrogens (tertiary/aromatic N) is 1. The van der Waals surface area contributed by atoms with Gasteiger partial charge in [0.05, 0.1) is 0 Å². The molecule has 1 atom stereocenters. The van der Waals surface area contributed by atoms with Crippen molar-refractivity contribution in [1.29, 1.82) is 0 Å². The van der Waals surface area contributed by atoms with Crippen molar-refractivity contribution >= 4 is 0 Å². The SMILES string of the molecule is CCCCCCCC(CCCCCCC)NCCC1CC2(CCN(CCC(CCCC)CCCCC)CC2)C1. The number of piperidine rings is 1. The summed E-state index contributed by atoms with van der Waals surface area (Å²) in [6, 6.07) is 0.786. The van der Waals surface area contributed by atoms with Gasteiger partial charge in [-0.1, -0.05) is 137 Å². The lowest BCUT2D eigenvalue weighted by atomic mass is 9.57. The van der Waals surface area contributed by atoms with Crippen molar-refractivity contribution in [3.05, 3.63) is 0 Å². The largest absolute Gasteiger partial charge is 0.314 e. The predicted octanol–water partition coefficient (Wildman–Crippen LogP) is 11.3. The second kappa shape index (κ2) is 22.5. The third kappa shape index (κ3) is 15.6. The molecular formula is C37H74N2. The molecule has 2 rings (SSSR count). The molecule has 1 unspecified atom stereocenters. The first-order valence-electron chi connectivity index (χ1n) is 18.6. The van der Waals surface area contributed by atoms with Crippen molar-refractivity contribution in [1.82, 2.24) is 10.2 Å². The third-order valence-corrected chi connectivity index (χ3v) is 10.7. The highest BCUT2D eigenvalue weighted by Gasteiger charge is 2.45. The predicted molar refractivity (Wildman–Crippen MR) is 176 cm³/mol. The maximum Gasteiger partial charge on any atom is 0.00670 e. The van der Waals surface area contributed by atoms with Crippen LogP contribution in [0.1, 0.15) is 188 Å². The van der Waals surface area contributed by atoms with Gasteiger partial charge in [-0.15, -0.1) is 0 Å². The van der Waals surface area contributed by atoms with E-state index in [1.807, 2.05) is 0 Å². The summed E-state index contributed by atoms with van der Waals surface area (Å²) in [5, 5.41) is 4.05. The Balaban J connectivity index is 1.60. The number of nitrogens with one attached hydrogen (secondary N) is 1. The second-order valence-electron chi connectivity index (χ2n) is 14.3. The molecule has 0 bridgehead atoms. The molecule has 0 amide bonds. The van der Waals surface area contributed by atoms with Gasteiger partial charge in [0.2, 0.25) is 0 Å². The second-order valence-corrected chi connectivity index (χ2v) is 14.3. The highest BCUT2D eigenvalue weighted by atomic mass is 15.1. The van der Waals surface area contributed by atoms with E-state index in [0.717, 1.165) is 23.3 Å². The Bertz CT molecular complexity index is 516. The average molecular weight is 547 g/mol. The summed E-state index contributed by atoms with van der Waals surface area (Å²) in [6.45, 7) is 14.8. The highest BCUT2D eigenvalue weighted by molar-refractivity contribution is 4.97. The first-order valence-corrected chi connectivity index (χ1v) is 18.6. The summed E-state index contributed by atoms with van der Waals surface area (Å²) in [6.07, 6.45) is 36.1. The molecule has 1 heterocycles. The van der Waals surface area contributed by atoms with Gasteiger partial charge in [0.1, 0.15) is 0 Å². The lowest BCUT2D eigenvalue weighted by Crippen LogP contribution is -2.48. The highest BCUT2D eigenvalue weighted by Crippen LogP contribution is 2.53. The van der Waals surface area contributed by atoms with E-state index in [0.29, 0.717) is 0 Å². The molecule has 0 aromatic heterocycles. The Kier molecular flexibility index (Phi) is 20.3. The van der Waals surface area contributed by atoms with Gasteiger partial charge in [0, 0.05) is 6.04 Å². The number of likely N-dealkylation sites (tertiary alicyclic amines) is 1. The van der Waals surface area contributed by atoms with E-state index in [1.54, 1.807) is 0 Å². The van der Waals surface area contributed by atoms with E-state index in [2.05, 4.69) is 37.9 Å². The Hall–Kier alpha value is -0.0800. The van der Waals surface area contributed by atoms with Crippen LogP contribution in [0.5, 0.6) is 0 Å². The molecule has 1 spiro atoms. The zero-order chi connectivity index (χ0) is 28.0. The Morgan fingerprint density at radius 3 is 1.72 bits per heavy atom. The summed E-state index contributed by atoms with van der Waals surface area (Å²) in [5.74, 6) is 2.00. The van der Waals surface area contributed by atoms with Crippen molar-refractivity contribution in [2.24, 2.45) is 17.3 Å². The van der Waals surface area contributed by atoms with Crippen LogP contribution in [0.25, 0.3) is 0 Å². The van der Waals surface area contributed by atoms with Gasteiger partial charge >= 0.3 is 0 Å². The molecule has 0 aromatic rings. The lowest BCUT2D eigenvalue weighted by Gasteiger charge is -2.52. The van der Waals surface area contributed by atoms with Gasteiger partial charge in [0.15, 0.2) is 0 Å². The van der Waals surface area contributed by atoms with Crippen LogP contribution in [0.15, 0.2) is 0 Å². The maximum absolute atomic E-state index is 4.05. The van der Waals surface area contributed by atoms with Gasteiger partial charge in [-0.25, -0.2) is 0 Å². The maximum atomic E-state index is 4.05. The molecule has 2 fully saturated rings. The van der Waals surface area contributed by atoms with E-state index in [9.17, 15) is 0 Å². The Morgan fingerprint density at radius 1 is 0.615 bits per heavy atom. The van der Waals surface area contributed by atoms with Crippen LogP contribution in [0, 0.1) is 17.3 Å². The van der Waals surface area contributed by atoms with Crippen molar-refractivity contribution in [3.8, 4) is 0 Å². The van der Waals surface area contributed by atoms with Crippen LogP contribution < -0.4 is 5.32 Å². The summed E-state index contributed by atoms with van der Waals surface area (Å²) >= 11 is 0. The molecule has 2 aliphatic rings. The number of unbranched alkanes of at least 4 members (excludes halogenated alkanes) is 11. The minimum atomic E-state index is 0.738. The molecule has 1 saturated heterocycles. The summed E-state index contributed by atoms with van der Waals surface area (Å²) < 4.78 is 0. The fourth-order valence-electron chi connectivity index (χ4n) is 7.83. The average Bonchev–Trinajstić information content (AvgIpc) is 2.93. The van der Waals surface area contributed by atoms with Crippen LogP contribution >= 0.6 is 0 Å². The van der Waals surface area contributed by atoms with Crippen molar-refractivity contribution in [2.75, 3.05) is 26.2 Å². The number of rotatable bonds is 26. The van der Waals surface area contributed by atoms with Gasteiger partial charge in [0.25, 0.3) is 0 Å². The molecule has 1 N–H and O–H groups in total. The Morgan fingerprint density at radius 2 is 1.13 bits per heavy atom. The molecule has 0 radical (unpaired) electrons. The van der Waals surface area contributed by atoms with Crippen LogP contribution in [-0.4, -0.2) is 37.1 Å². The smallest absolute Gasteiger partial charge is 0.00670 e. The molecule has 232 valence electrons. The summed E-state index contributed by atoms with van der Waals surface area (Å²) in [5.41, 5.74) is 0.738. The van der Waals surface area contributed by atoms with E-state index < -0.39 is 0 Å². The summed E-state index contributed by atoms with van der Waals surface area (Å²) in [7, 11) is 0. The molecular weight excluding hydrogens is 472 g/mol. The van der Waals surface area contributed by atoms with Crippen LogP contribution in [0.3, 0.4) is 0 Å². The minimum absolute atomic E-state index is 0.738. The fraction of sp³-hybridized carbons (Fsp3) is 1.00. The van der Waals surface area contributed by atoms with E-state index in [4.69, 9.17) is 0 Å². The fourth-order valence-corrected chi connectivity index (χ4v) is 7.83. The molecule has 1 aliphatic heterocycles. The zero-order valence-electron chi connectivity index (χ0n) is 27.7. The van der Waals surface area contributed by atoms with Gasteiger partial charge < -0.3 is 10.2 Å². The van der Waals surface area contributed by atoms with E-state index in [1.165, 1.54) is 187 Å². The van der Waals surface area contributed by atoms with E-state index in [-0.39, 0.29) is 0 Å². The van der Waals surface area contributed by atoms with Gasteiger partial charge in [-0.3, -0.25) is 0 Å². The van der Waals surface area contributed by atoms with Crippen LogP contribution in [-0.2, 0) is 0 Å². The molecule has 2 heteroatoms. The van der Waals surface area contributed by atoms with Crippen molar-refractivity contribution < 1.29 is 0 Å². The van der Waals surface area contributed by atoms with Crippen molar-refractivity contribution in [3.63, 3.8) is 0 Å². The number of hydrogen-bond donors (Lipinski definition) is 1. The molecule has 2 nitrogen and oxygen atoms in total. The summed E-state index contributed by atoms with van der Waals surface area (Å²) in [4.78, 5) is 2.84. The topological polar surface area (TPSA) is 15.3 Å². The van der Waals surface area contributed by atoms with Gasteiger partial charge in [-0.2, -0.15) is 0 Å². The quantitative estimate of drug-likeness (QED) is 0.109. The first-order chi connectivity index (χ1) is 19.1. The molecule has 0 aromatic carbocycles. The minimum Gasteiger partial charge on any atom is -0.314 e. The first kappa shape index (κ1) is 35.1.